The molecule has 9 heteroatoms. The van der Waals surface area contributed by atoms with Crippen LogP contribution in [0.3, 0.4) is 0 Å². The molecule has 0 aliphatic rings. The Labute approximate surface area is 192 Å². The van der Waals surface area contributed by atoms with Crippen molar-refractivity contribution in [1.29, 1.82) is 0 Å². The summed E-state index contributed by atoms with van der Waals surface area (Å²) in [5.41, 5.74) is 0. The van der Waals surface area contributed by atoms with Crippen LogP contribution in [0.2, 0.25) is 0 Å². The Morgan fingerprint density at radius 3 is 1.10 bits per heavy atom. The van der Waals surface area contributed by atoms with Gasteiger partial charge in [0.2, 0.25) is 0 Å². The summed E-state index contributed by atoms with van der Waals surface area (Å²) in [6.07, 6.45) is -1.83. The molecule has 0 aromatic carbocycles. The van der Waals surface area contributed by atoms with Crippen LogP contribution in [-0.2, 0) is 0 Å². The summed E-state index contributed by atoms with van der Waals surface area (Å²) in [6, 6.07) is 0. The Balaban J connectivity index is -0.00000000300. The summed E-state index contributed by atoms with van der Waals surface area (Å²) in [4.78, 5) is 8.56. The molecule has 6 N–H and O–H groups in total. The van der Waals surface area contributed by atoms with Gasteiger partial charge in [-0.05, 0) is 0 Å². The van der Waals surface area contributed by atoms with Gasteiger partial charge in [-0.3, -0.25) is 0 Å². The molecule has 0 fully saturated rings. The van der Waals surface area contributed by atoms with Crippen LogP contribution in [0, 0.1) is 82.6 Å². The predicted octanol–water partition coefficient (Wildman–Crippen LogP) is -3.26. The predicted molar refractivity (Wildman–Crippen MR) is 35.0 cm³/mol. The fourth-order valence-electron chi connectivity index (χ4n) is 0. The van der Waals surface area contributed by atoms with E-state index in [9.17, 15) is 0 Å². The minimum atomic E-state index is -1.83. The van der Waals surface area contributed by atoms with Crippen molar-refractivity contribution in [3.63, 3.8) is 0 Å². The van der Waals surface area contributed by atoms with Gasteiger partial charge in [0, 0.05) is 82.6 Å². The van der Waals surface area contributed by atoms with Gasteiger partial charge in [0.1, 0.15) is 0 Å². The van der Waals surface area contributed by atoms with Crippen molar-refractivity contribution in [3.05, 3.63) is 0 Å². The first kappa shape index (κ1) is 46.6. The zero-order chi connectivity index (χ0) is 3.58. The van der Waals surface area contributed by atoms with Gasteiger partial charge < -0.3 is 21.2 Å². The SMILES string of the molecule is O.O.O=C(O)O.[CaH2].[Ce].[Nd].[SrH2]. The van der Waals surface area contributed by atoms with Crippen molar-refractivity contribution in [3.8, 4) is 0 Å². The molecule has 0 rings (SSSR count). The van der Waals surface area contributed by atoms with Gasteiger partial charge in [-0.1, -0.05) is 0 Å². The van der Waals surface area contributed by atoms with Crippen LogP contribution in [0.25, 0.3) is 0 Å². The van der Waals surface area contributed by atoms with E-state index >= 15 is 0 Å². The van der Waals surface area contributed by atoms with Gasteiger partial charge in [0.25, 0.3) is 0 Å². The third kappa shape index (κ3) is 79.3. The summed E-state index contributed by atoms with van der Waals surface area (Å²) in [5, 5.41) is 13.9. The molecular formula is CH10CaCeNdO5Sr. The number of rotatable bonds is 0. The third-order valence-corrected chi connectivity index (χ3v) is 0. The van der Waals surface area contributed by atoms with E-state index in [2.05, 4.69) is 0 Å². The summed E-state index contributed by atoms with van der Waals surface area (Å²) in [7, 11) is 0. The average molecular weight is 514 g/mol. The molecule has 0 aromatic heterocycles. The van der Waals surface area contributed by atoms with E-state index in [0.717, 1.165) is 0 Å². The van der Waals surface area contributed by atoms with Gasteiger partial charge in [-0.2, -0.15) is 0 Å². The molecule has 0 unspecified atom stereocenters. The van der Waals surface area contributed by atoms with Crippen LogP contribution in [0.5, 0.6) is 0 Å². The third-order valence-electron chi connectivity index (χ3n) is 0. The fourth-order valence-corrected chi connectivity index (χ4v) is 0. The van der Waals surface area contributed by atoms with E-state index in [1.165, 1.54) is 0 Å². The standard InChI is InChI=1S/CH2O3.Ca.Ce.Nd.2H2O.Sr.4H/c2-1(3)4;;;;;;;;;;/h(H2,2,3,4);;;;2*1H2;;;;;. The van der Waals surface area contributed by atoms with Gasteiger partial charge in [0.15, 0.2) is 0 Å². The monoisotopic (exact) mass is 512 g/mol. The number of carboxylic acid groups (broad SMARTS) is 2. The van der Waals surface area contributed by atoms with E-state index in [0.29, 0.717) is 0 Å². The number of carbonyl (C=O) groups is 1. The molecule has 0 aromatic rings. The Morgan fingerprint density at radius 1 is 1.10 bits per heavy atom. The molecule has 0 bridgehead atoms. The van der Waals surface area contributed by atoms with Crippen LogP contribution in [0.4, 0.5) is 4.79 Å². The zero-order valence-corrected chi connectivity index (χ0v) is 10.2. The summed E-state index contributed by atoms with van der Waals surface area (Å²) in [5.74, 6) is 0. The molecule has 0 aliphatic heterocycles. The molecule has 0 heterocycles. The Morgan fingerprint density at radius 2 is 1.10 bits per heavy atom. The van der Waals surface area contributed by atoms with Crippen molar-refractivity contribution >= 4 is 89.4 Å². The summed E-state index contributed by atoms with van der Waals surface area (Å²) >= 11 is 0. The topological polar surface area (TPSA) is 121 Å². The summed E-state index contributed by atoms with van der Waals surface area (Å²) < 4.78 is 0. The van der Waals surface area contributed by atoms with Gasteiger partial charge in [-0.15, -0.1) is 0 Å². The molecule has 0 spiro atoms. The van der Waals surface area contributed by atoms with Crippen molar-refractivity contribution in [2.24, 2.45) is 0 Å². The maximum atomic E-state index is 8.56. The molecule has 0 radical (unpaired) electrons. The first-order chi connectivity index (χ1) is 1.73. The number of hydrogen-bond acceptors (Lipinski definition) is 1. The van der Waals surface area contributed by atoms with Crippen LogP contribution in [0.15, 0.2) is 0 Å². The summed E-state index contributed by atoms with van der Waals surface area (Å²) in [6.45, 7) is 0. The molecule has 0 aliphatic carbocycles. The zero-order valence-electron chi connectivity index (χ0n) is 3.80. The van der Waals surface area contributed by atoms with Crippen LogP contribution < -0.4 is 0 Å². The van der Waals surface area contributed by atoms with Crippen molar-refractivity contribution in [2.75, 3.05) is 0 Å². The second-order valence-corrected chi connectivity index (χ2v) is 0.283. The Kier molecular flexibility index (Phi) is 174. The Bertz CT molecular complexity index is 44.6. The van der Waals surface area contributed by atoms with Crippen molar-refractivity contribution < 1.29 is 109 Å². The van der Waals surface area contributed by atoms with Gasteiger partial charge in [0.05, 0.1) is 0 Å². The molecule has 10 heavy (non-hydrogen) atoms. The average Bonchev–Trinajstić information content (AvgIpc) is 0.811. The van der Waals surface area contributed by atoms with Crippen LogP contribution >= 0.6 is 0 Å². The quantitative estimate of drug-likeness (QED) is 0.331. The molecule has 5 nitrogen and oxygen atoms in total. The van der Waals surface area contributed by atoms with Crippen molar-refractivity contribution in [2.45, 2.75) is 0 Å². The first-order valence-electron chi connectivity index (χ1n) is 0.651. The molecule has 0 atom stereocenters. The van der Waals surface area contributed by atoms with E-state index in [1.807, 2.05) is 0 Å². The molecule has 0 amide bonds. The van der Waals surface area contributed by atoms with E-state index in [-0.39, 0.29) is 177 Å². The van der Waals surface area contributed by atoms with Crippen molar-refractivity contribution in [1.82, 2.24) is 0 Å². The molecule has 56 valence electrons. The molecule has 0 saturated carbocycles. The minimum absolute atomic E-state index is 0. The normalized spacial score (nSPS) is 2.40. The van der Waals surface area contributed by atoms with Gasteiger partial charge in [-0.25, -0.2) is 4.79 Å². The van der Waals surface area contributed by atoms with E-state index < -0.39 is 6.16 Å². The van der Waals surface area contributed by atoms with Crippen LogP contribution in [-0.4, -0.2) is 111 Å². The van der Waals surface area contributed by atoms with E-state index in [4.69, 9.17) is 15.0 Å². The van der Waals surface area contributed by atoms with Gasteiger partial charge >= 0.3 is 89.4 Å². The van der Waals surface area contributed by atoms with E-state index in [1.54, 1.807) is 0 Å². The fraction of sp³-hybridized carbons (Fsp3) is 0. The van der Waals surface area contributed by atoms with Crippen LogP contribution in [0.1, 0.15) is 0 Å². The number of hydrogen-bond donors (Lipinski definition) is 2. The molecule has 0 saturated heterocycles. The second kappa shape index (κ2) is 37.3. The first-order valence-corrected chi connectivity index (χ1v) is 0.651. The maximum absolute atomic E-state index is 8.56. The molecular weight excluding hydrogens is 504 g/mol. The Hall–Kier alpha value is 4.66. The second-order valence-electron chi connectivity index (χ2n) is 0.283.